The summed E-state index contributed by atoms with van der Waals surface area (Å²) in [5.41, 5.74) is 1.96. The number of carbonyl (C=O) groups excluding carboxylic acids is 1. The maximum Gasteiger partial charge on any atom is 0.244 e. The molecular weight excluding hydrogens is 468 g/mol. The molecule has 1 saturated heterocycles. The lowest BCUT2D eigenvalue weighted by Crippen LogP contribution is -2.48. The van der Waals surface area contributed by atoms with Crippen LogP contribution in [0.25, 0.3) is 0 Å². The summed E-state index contributed by atoms with van der Waals surface area (Å²) in [5.74, 6) is -0.136. The highest BCUT2D eigenvalue weighted by Crippen LogP contribution is 2.25. The summed E-state index contributed by atoms with van der Waals surface area (Å²) in [5, 5.41) is 3.08. The summed E-state index contributed by atoms with van der Waals surface area (Å²) in [6.07, 6.45) is 1.38. The number of nitrogens with zero attached hydrogens (tertiary/aromatic N) is 3. The first-order chi connectivity index (χ1) is 16.4. The number of rotatable bonds is 8. The summed E-state index contributed by atoms with van der Waals surface area (Å²) >= 11 is 1.29. The van der Waals surface area contributed by atoms with Crippen molar-refractivity contribution in [2.24, 2.45) is 0 Å². The van der Waals surface area contributed by atoms with Gasteiger partial charge < -0.3 is 5.32 Å². The van der Waals surface area contributed by atoms with E-state index in [1.807, 2.05) is 48.5 Å². The number of pyridine rings is 1. The van der Waals surface area contributed by atoms with Gasteiger partial charge in [-0.05, 0) is 36.8 Å². The molecule has 2 aromatic carbocycles. The Morgan fingerprint density at radius 3 is 2.24 bits per heavy atom. The van der Waals surface area contributed by atoms with Crippen molar-refractivity contribution in [3.05, 3.63) is 84.6 Å². The second-order valence-corrected chi connectivity index (χ2v) is 11.4. The first-order valence-corrected chi connectivity index (χ1v) is 13.5. The first kappa shape index (κ1) is 24.4. The smallest absolute Gasteiger partial charge is 0.244 e. The molecule has 0 radical (unpaired) electrons. The second kappa shape index (κ2) is 11.1. The summed E-state index contributed by atoms with van der Waals surface area (Å²) in [6.45, 7) is 4.88. The van der Waals surface area contributed by atoms with Gasteiger partial charge in [-0.1, -0.05) is 60.3 Å². The zero-order valence-electron chi connectivity index (χ0n) is 19.0. The molecule has 2 heterocycles. The zero-order chi connectivity index (χ0) is 24.0. The van der Waals surface area contributed by atoms with E-state index in [0.717, 1.165) is 12.2 Å². The third-order valence-corrected chi connectivity index (χ3v) is 8.57. The minimum absolute atomic E-state index is 0.136. The van der Waals surface area contributed by atoms with E-state index in [1.165, 1.54) is 27.8 Å². The molecule has 178 valence electrons. The Morgan fingerprint density at radius 2 is 1.62 bits per heavy atom. The van der Waals surface area contributed by atoms with Crippen LogP contribution in [0, 0.1) is 0 Å². The molecule has 1 aliphatic rings. The van der Waals surface area contributed by atoms with Crippen LogP contribution in [0.5, 0.6) is 0 Å². The predicted octanol–water partition coefficient (Wildman–Crippen LogP) is 3.71. The Labute approximate surface area is 205 Å². The van der Waals surface area contributed by atoms with E-state index >= 15 is 0 Å². The van der Waals surface area contributed by atoms with Crippen molar-refractivity contribution in [1.29, 1.82) is 0 Å². The van der Waals surface area contributed by atoms with Gasteiger partial charge >= 0.3 is 0 Å². The molecule has 1 atom stereocenters. The lowest BCUT2D eigenvalue weighted by Gasteiger charge is -2.33. The van der Waals surface area contributed by atoms with Gasteiger partial charge in [-0.2, -0.15) is 4.31 Å². The lowest BCUT2D eigenvalue weighted by atomic mass is 10.2. The van der Waals surface area contributed by atoms with Gasteiger partial charge in [-0.15, -0.1) is 0 Å². The fraction of sp³-hybridized carbons (Fsp3) is 0.280. The molecule has 0 saturated carbocycles. The molecule has 7 nitrogen and oxygen atoms in total. The summed E-state index contributed by atoms with van der Waals surface area (Å²) in [4.78, 5) is 19.2. The highest BCUT2D eigenvalue weighted by Gasteiger charge is 2.29. The molecule has 0 aliphatic carbocycles. The van der Waals surface area contributed by atoms with Crippen molar-refractivity contribution in [3.8, 4) is 0 Å². The van der Waals surface area contributed by atoms with E-state index in [1.54, 1.807) is 19.1 Å². The normalized spacial score (nSPS) is 16.1. The lowest BCUT2D eigenvalue weighted by molar-refractivity contribution is -0.115. The maximum absolute atomic E-state index is 13.1. The quantitative estimate of drug-likeness (QED) is 0.479. The summed E-state index contributed by atoms with van der Waals surface area (Å²) < 4.78 is 27.7. The fourth-order valence-corrected chi connectivity index (χ4v) is 5.86. The van der Waals surface area contributed by atoms with Crippen LogP contribution in [0.2, 0.25) is 0 Å². The molecule has 1 N–H and O–H groups in total. The van der Waals surface area contributed by atoms with Gasteiger partial charge in [-0.25, -0.2) is 13.4 Å². The van der Waals surface area contributed by atoms with Crippen LogP contribution in [0.4, 0.5) is 5.69 Å². The summed E-state index contributed by atoms with van der Waals surface area (Å²) in [7, 11) is -3.60. The third kappa shape index (κ3) is 6.24. The van der Waals surface area contributed by atoms with Gasteiger partial charge in [0.25, 0.3) is 0 Å². The Morgan fingerprint density at radius 1 is 0.971 bits per heavy atom. The number of carbonyl (C=O) groups is 1. The van der Waals surface area contributed by atoms with Crippen LogP contribution in [0.15, 0.2) is 88.9 Å². The van der Waals surface area contributed by atoms with Crippen molar-refractivity contribution in [2.45, 2.75) is 28.6 Å². The van der Waals surface area contributed by atoms with Crippen LogP contribution in [-0.2, 0) is 21.4 Å². The largest absolute Gasteiger partial charge is 0.325 e. The molecule has 1 unspecified atom stereocenters. The number of amides is 1. The molecule has 0 spiro atoms. The van der Waals surface area contributed by atoms with E-state index in [2.05, 4.69) is 27.3 Å². The van der Waals surface area contributed by atoms with Gasteiger partial charge in [0.05, 0.1) is 10.3 Å². The molecule has 1 amide bonds. The summed E-state index contributed by atoms with van der Waals surface area (Å²) in [6, 6.07) is 22.7. The molecule has 3 aromatic rings. The van der Waals surface area contributed by atoms with Gasteiger partial charge in [0.15, 0.2) is 0 Å². The zero-order valence-corrected chi connectivity index (χ0v) is 20.6. The maximum atomic E-state index is 13.1. The van der Waals surface area contributed by atoms with Crippen LogP contribution in [0.1, 0.15) is 12.5 Å². The number of anilines is 1. The first-order valence-electron chi connectivity index (χ1n) is 11.2. The fourth-order valence-electron chi connectivity index (χ4n) is 3.71. The molecular formula is C25H28N4O3S2. The van der Waals surface area contributed by atoms with E-state index < -0.39 is 10.0 Å². The molecule has 4 rings (SSSR count). The number of sulfonamides is 1. The van der Waals surface area contributed by atoms with Crippen molar-refractivity contribution in [1.82, 2.24) is 14.2 Å². The van der Waals surface area contributed by atoms with Crippen LogP contribution >= 0.6 is 11.8 Å². The third-order valence-electron chi connectivity index (χ3n) is 5.64. The average Bonchev–Trinajstić information content (AvgIpc) is 2.86. The number of piperazine rings is 1. The predicted molar refractivity (Wildman–Crippen MR) is 135 cm³/mol. The van der Waals surface area contributed by atoms with Gasteiger partial charge in [0, 0.05) is 44.6 Å². The topological polar surface area (TPSA) is 82.6 Å². The van der Waals surface area contributed by atoms with Gasteiger partial charge in [0.2, 0.25) is 15.9 Å². The minimum Gasteiger partial charge on any atom is -0.325 e. The van der Waals surface area contributed by atoms with Crippen LogP contribution in [0.3, 0.4) is 0 Å². The number of hydrogen-bond acceptors (Lipinski definition) is 6. The van der Waals surface area contributed by atoms with Crippen molar-refractivity contribution in [2.75, 3.05) is 31.5 Å². The number of aromatic nitrogens is 1. The van der Waals surface area contributed by atoms with E-state index in [4.69, 9.17) is 0 Å². The molecule has 1 aromatic heterocycles. The molecule has 9 heteroatoms. The molecule has 1 aliphatic heterocycles. The number of nitrogens with one attached hydrogen (secondary N) is 1. The average molecular weight is 497 g/mol. The Kier molecular flexibility index (Phi) is 7.99. The van der Waals surface area contributed by atoms with Crippen LogP contribution in [-0.4, -0.2) is 59.9 Å². The molecule has 0 bridgehead atoms. The van der Waals surface area contributed by atoms with Gasteiger partial charge in [0.1, 0.15) is 4.90 Å². The van der Waals surface area contributed by atoms with E-state index in [0.29, 0.717) is 31.2 Å². The van der Waals surface area contributed by atoms with E-state index in [9.17, 15) is 13.2 Å². The highest BCUT2D eigenvalue weighted by atomic mass is 32.2. The van der Waals surface area contributed by atoms with Crippen molar-refractivity contribution >= 4 is 33.4 Å². The number of thioether (sulfide) groups is 1. The molecule has 34 heavy (non-hydrogen) atoms. The molecule has 1 fully saturated rings. The minimum atomic E-state index is -3.60. The Bertz CT molecular complexity index is 1180. The van der Waals surface area contributed by atoms with E-state index in [-0.39, 0.29) is 16.1 Å². The van der Waals surface area contributed by atoms with Crippen LogP contribution < -0.4 is 5.32 Å². The highest BCUT2D eigenvalue weighted by molar-refractivity contribution is 8.00. The number of hydrogen-bond donors (Lipinski definition) is 1. The van der Waals surface area contributed by atoms with Crippen molar-refractivity contribution in [3.63, 3.8) is 0 Å². The SMILES string of the molecule is CC(Sc1ccc(S(=O)(=O)N2CCN(Cc3ccccc3)CC2)cn1)C(=O)Nc1ccccc1. The van der Waals surface area contributed by atoms with Gasteiger partial charge in [-0.3, -0.25) is 9.69 Å². The second-order valence-electron chi connectivity index (χ2n) is 8.11. The van der Waals surface area contributed by atoms with Crippen molar-refractivity contribution < 1.29 is 13.2 Å². The standard InChI is InChI=1S/C25H28N4O3S2/c1-20(25(30)27-22-10-6-3-7-11-22)33-24-13-12-23(18-26-24)34(31,32)29-16-14-28(15-17-29)19-21-8-4-2-5-9-21/h2-13,18,20H,14-17,19H2,1H3,(H,27,30). The Balaban J connectivity index is 1.31. The number of benzene rings is 2. The number of para-hydroxylation sites is 1. The Hall–Kier alpha value is -2.72. The monoisotopic (exact) mass is 496 g/mol.